The Hall–Kier alpha value is -1.52. The number of fused-ring (bicyclic) bond motifs is 1. The Morgan fingerprint density at radius 3 is 2.48 bits per heavy atom. The van der Waals surface area contributed by atoms with Crippen molar-refractivity contribution in [3.8, 4) is 0 Å². The summed E-state index contributed by atoms with van der Waals surface area (Å²) in [7, 11) is 0. The quantitative estimate of drug-likeness (QED) is 0.562. The standard InChI is InChI=1S/C17H11Br2NO/c18-13-7-12(8-14(19)10-13)17(21)9-11-5-6-20-16-4-2-1-3-15(11)16/h1-8,10H,9H2. The number of pyridine rings is 1. The SMILES string of the molecule is O=C(Cc1ccnc2ccccc12)c1cc(Br)cc(Br)c1. The number of rotatable bonds is 3. The maximum atomic E-state index is 12.5. The van der Waals surface area contributed by atoms with Gasteiger partial charge in [-0.05, 0) is 35.9 Å². The molecule has 104 valence electrons. The third-order valence-corrected chi connectivity index (χ3v) is 4.19. The van der Waals surface area contributed by atoms with Crippen molar-refractivity contribution in [2.45, 2.75) is 6.42 Å². The van der Waals surface area contributed by atoms with Crippen LogP contribution in [0.3, 0.4) is 0 Å². The second kappa shape index (κ2) is 6.08. The van der Waals surface area contributed by atoms with Crippen molar-refractivity contribution in [1.29, 1.82) is 0 Å². The van der Waals surface area contributed by atoms with Crippen LogP contribution in [-0.2, 0) is 6.42 Å². The highest BCUT2D eigenvalue weighted by Crippen LogP contribution is 2.23. The van der Waals surface area contributed by atoms with Crippen molar-refractivity contribution in [2.75, 3.05) is 0 Å². The molecule has 1 aromatic heterocycles. The van der Waals surface area contributed by atoms with Gasteiger partial charge in [0, 0.05) is 32.5 Å². The third kappa shape index (κ3) is 3.22. The van der Waals surface area contributed by atoms with Gasteiger partial charge in [-0.3, -0.25) is 9.78 Å². The Morgan fingerprint density at radius 2 is 1.71 bits per heavy atom. The Bertz CT molecular complexity index is 804. The number of nitrogens with zero attached hydrogens (tertiary/aromatic N) is 1. The predicted molar refractivity (Wildman–Crippen MR) is 91.6 cm³/mol. The monoisotopic (exact) mass is 403 g/mol. The number of aromatic nitrogens is 1. The fourth-order valence-corrected chi connectivity index (χ4v) is 3.59. The molecular formula is C17H11Br2NO. The normalized spacial score (nSPS) is 10.8. The Balaban J connectivity index is 1.96. The van der Waals surface area contributed by atoms with Gasteiger partial charge >= 0.3 is 0 Å². The molecule has 21 heavy (non-hydrogen) atoms. The van der Waals surface area contributed by atoms with Crippen LogP contribution in [0.2, 0.25) is 0 Å². The van der Waals surface area contributed by atoms with Gasteiger partial charge in [0.25, 0.3) is 0 Å². The average molecular weight is 405 g/mol. The van der Waals surface area contributed by atoms with Crippen molar-refractivity contribution >= 4 is 48.5 Å². The summed E-state index contributed by atoms with van der Waals surface area (Å²) in [5.74, 6) is 0.0911. The maximum absolute atomic E-state index is 12.5. The fraction of sp³-hybridized carbons (Fsp3) is 0.0588. The molecule has 0 unspecified atom stereocenters. The van der Waals surface area contributed by atoms with Crippen LogP contribution in [0.1, 0.15) is 15.9 Å². The van der Waals surface area contributed by atoms with Gasteiger partial charge in [-0.2, -0.15) is 0 Å². The van der Waals surface area contributed by atoms with Crippen LogP contribution in [-0.4, -0.2) is 10.8 Å². The second-order valence-corrected chi connectivity index (χ2v) is 6.58. The number of carbonyl (C=O) groups is 1. The number of Topliss-reactive ketones (excluding diaryl/α,β-unsaturated/α-hetero) is 1. The smallest absolute Gasteiger partial charge is 0.167 e. The first-order chi connectivity index (χ1) is 10.1. The van der Waals surface area contributed by atoms with Crippen LogP contribution in [0.4, 0.5) is 0 Å². The topological polar surface area (TPSA) is 30.0 Å². The zero-order chi connectivity index (χ0) is 14.8. The number of hydrogen-bond donors (Lipinski definition) is 0. The molecule has 0 spiro atoms. The highest BCUT2D eigenvalue weighted by atomic mass is 79.9. The van der Waals surface area contributed by atoms with E-state index >= 15 is 0 Å². The largest absolute Gasteiger partial charge is 0.294 e. The first-order valence-corrected chi connectivity index (χ1v) is 8.04. The molecule has 1 heterocycles. The molecule has 0 atom stereocenters. The third-order valence-electron chi connectivity index (χ3n) is 3.27. The Morgan fingerprint density at radius 1 is 1.00 bits per heavy atom. The lowest BCUT2D eigenvalue weighted by Crippen LogP contribution is -2.04. The van der Waals surface area contributed by atoms with E-state index in [4.69, 9.17) is 0 Å². The van der Waals surface area contributed by atoms with Gasteiger partial charge in [-0.1, -0.05) is 50.1 Å². The van der Waals surface area contributed by atoms with Crippen LogP contribution in [0.25, 0.3) is 10.9 Å². The van der Waals surface area contributed by atoms with E-state index in [1.54, 1.807) is 6.20 Å². The van der Waals surface area contributed by atoms with E-state index in [-0.39, 0.29) is 5.78 Å². The molecule has 0 aliphatic carbocycles. The first-order valence-electron chi connectivity index (χ1n) is 6.45. The van der Waals surface area contributed by atoms with E-state index in [0.29, 0.717) is 12.0 Å². The van der Waals surface area contributed by atoms with Crippen LogP contribution in [0, 0.1) is 0 Å². The summed E-state index contributed by atoms with van der Waals surface area (Å²) < 4.78 is 1.78. The zero-order valence-corrected chi connectivity index (χ0v) is 14.2. The summed E-state index contributed by atoms with van der Waals surface area (Å²) in [6.45, 7) is 0. The van der Waals surface area contributed by atoms with Crippen LogP contribution >= 0.6 is 31.9 Å². The second-order valence-electron chi connectivity index (χ2n) is 4.75. The minimum absolute atomic E-state index is 0.0911. The number of carbonyl (C=O) groups excluding carboxylic acids is 1. The van der Waals surface area contributed by atoms with Crippen molar-refractivity contribution in [3.05, 3.63) is 74.8 Å². The maximum Gasteiger partial charge on any atom is 0.167 e. The first kappa shape index (κ1) is 14.4. The summed E-state index contributed by atoms with van der Waals surface area (Å²) in [5.41, 5.74) is 2.61. The molecule has 0 saturated heterocycles. The summed E-state index contributed by atoms with van der Waals surface area (Å²) >= 11 is 6.83. The lowest BCUT2D eigenvalue weighted by Gasteiger charge is -2.06. The van der Waals surface area contributed by atoms with Gasteiger partial charge < -0.3 is 0 Å². The molecule has 0 radical (unpaired) electrons. The summed E-state index contributed by atoms with van der Waals surface area (Å²) in [4.78, 5) is 16.8. The molecule has 2 aromatic carbocycles. The molecule has 0 bridgehead atoms. The molecule has 4 heteroatoms. The number of hydrogen-bond acceptors (Lipinski definition) is 2. The Kier molecular flexibility index (Phi) is 4.17. The van der Waals surface area contributed by atoms with Crippen molar-refractivity contribution in [3.63, 3.8) is 0 Å². The minimum Gasteiger partial charge on any atom is -0.294 e. The van der Waals surface area contributed by atoms with E-state index in [0.717, 1.165) is 25.4 Å². The summed E-state index contributed by atoms with van der Waals surface area (Å²) in [6.07, 6.45) is 2.12. The highest BCUT2D eigenvalue weighted by molar-refractivity contribution is 9.11. The van der Waals surface area contributed by atoms with Crippen LogP contribution in [0.15, 0.2) is 63.7 Å². The molecule has 2 nitrogen and oxygen atoms in total. The van der Waals surface area contributed by atoms with E-state index < -0.39 is 0 Å². The van der Waals surface area contributed by atoms with Crippen molar-refractivity contribution in [1.82, 2.24) is 4.98 Å². The molecular weight excluding hydrogens is 394 g/mol. The molecule has 0 fully saturated rings. The summed E-state index contributed by atoms with van der Waals surface area (Å²) in [5, 5.41) is 1.03. The fourth-order valence-electron chi connectivity index (χ4n) is 2.30. The number of benzene rings is 2. The van der Waals surface area contributed by atoms with Crippen molar-refractivity contribution < 1.29 is 4.79 Å². The number of halogens is 2. The average Bonchev–Trinajstić information content (AvgIpc) is 2.46. The molecule has 0 N–H and O–H groups in total. The molecule has 0 aliphatic heterocycles. The van der Waals surface area contributed by atoms with Gasteiger partial charge in [0.1, 0.15) is 0 Å². The predicted octanol–water partition coefficient (Wildman–Crippen LogP) is 5.19. The molecule has 3 rings (SSSR count). The Labute approximate surface area is 139 Å². The lowest BCUT2D eigenvalue weighted by molar-refractivity contribution is 0.0993. The van der Waals surface area contributed by atoms with E-state index in [2.05, 4.69) is 36.8 Å². The van der Waals surface area contributed by atoms with Gasteiger partial charge in [-0.15, -0.1) is 0 Å². The molecule has 0 aliphatic rings. The van der Waals surface area contributed by atoms with E-state index in [1.807, 2.05) is 48.5 Å². The molecule has 0 saturated carbocycles. The molecule has 3 aromatic rings. The van der Waals surface area contributed by atoms with E-state index in [9.17, 15) is 4.79 Å². The molecule has 0 amide bonds. The zero-order valence-electron chi connectivity index (χ0n) is 11.0. The lowest BCUT2D eigenvalue weighted by atomic mass is 10.0. The minimum atomic E-state index is 0.0911. The summed E-state index contributed by atoms with van der Waals surface area (Å²) in [6, 6.07) is 15.4. The van der Waals surface area contributed by atoms with Gasteiger partial charge in [0.2, 0.25) is 0 Å². The van der Waals surface area contributed by atoms with Crippen molar-refractivity contribution in [2.24, 2.45) is 0 Å². The van der Waals surface area contributed by atoms with Crippen LogP contribution < -0.4 is 0 Å². The number of ketones is 1. The van der Waals surface area contributed by atoms with Gasteiger partial charge in [-0.25, -0.2) is 0 Å². The highest BCUT2D eigenvalue weighted by Gasteiger charge is 2.11. The van der Waals surface area contributed by atoms with Gasteiger partial charge in [0.15, 0.2) is 5.78 Å². The van der Waals surface area contributed by atoms with Crippen LogP contribution in [0.5, 0.6) is 0 Å². The van der Waals surface area contributed by atoms with E-state index in [1.165, 1.54) is 0 Å². The number of para-hydroxylation sites is 1. The van der Waals surface area contributed by atoms with Gasteiger partial charge in [0.05, 0.1) is 5.52 Å².